The maximum atomic E-state index is 13.4. The van der Waals surface area contributed by atoms with Gasteiger partial charge in [-0.25, -0.2) is 18.7 Å². The molecule has 1 aromatic carbocycles. The van der Waals surface area contributed by atoms with Crippen LogP contribution in [0.15, 0.2) is 24.5 Å². The average molecular weight is 341 g/mol. The van der Waals surface area contributed by atoms with E-state index in [1.807, 2.05) is 4.90 Å². The van der Waals surface area contributed by atoms with Crippen LogP contribution in [0.3, 0.4) is 0 Å². The molecule has 0 amide bonds. The van der Waals surface area contributed by atoms with Crippen LogP contribution in [0.25, 0.3) is 0 Å². The van der Waals surface area contributed by atoms with E-state index in [9.17, 15) is 8.78 Å². The SMILES string of the molecule is CNc1c(Cl)ncnc1N1CCOC(c2ccc(F)c(F)c2)C1. The summed E-state index contributed by atoms with van der Waals surface area (Å²) in [6.07, 6.45) is 1.01. The summed E-state index contributed by atoms with van der Waals surface area (Å²) < 4.78 is 32.2. The zero-order valence-corrected chi connectivity index (χ0v) is 13.1. The predicted molar refractivity (Wildman–Crippen MR) is 83.9 cm³/mol. The van der Waals surface area contributed by atoms with Gasteiger partial charge in [0.15, 0.2) is 22.6 Å². The molecule has 2 aromatic rings. The molecule has 1 fully saturated rings. The summed E-state index contributed by atoms with van der Waals surface area (Å²) in [5.41, 5.74) is 1.21. The third kappa shape index (κ3) is 3.20. The van der Waals surface area contributed by atoms with Crippen LogP contribution in [0.4, 0.5) is 20.3 Å². The lowest BCUT2D eigenvalue weighted by atomic mass is 10.1. The normalized spacial score (nSPS) is 18.1. The fraction of sp³-hybridized carbons (Fsp3) is 0.333. The van der Waals surface area contributed by atoms with Crippen LogP contribution in [0.5, 0.6) is 0 Å². The smallest absolute Gasteiger partial charge is 0.159 e. The first-order valence-corrected chi connectivity index (χ1v) is 7.47. The van der Waals surface area contributed by atoms with Crippen molar-refractivity contribution < 1.29 is 13.5 Å². The lowest BCUT2D eigenvalue weighted by Gasteiger charge is -2.34. The number of nitrogens with one attached hydrogen (secondary N) is 1. The first kappa shape index (κ1) is 15.9. The number of benzene rings is 1. The second kappa shape index (κ2) is 6.64. The molecule has 0 aliphatic carbocycles. The van der Waals surface area contributed by atoms with E-state index < -0.39 is 11.6 Å². The van der Waals surface area contributed by atoms with Crippen molar-refractivity contribution in [2.75, 3.05) is 37.0 Å². The zero-order valence-electron chi connectivity index (χ0n) is 12.4. The Bertz CT molecular complexity index is 716. The summed E-state index contributed by atoms with van der Waals surface area (Å²) in [5.74, 6) is -1.10. The van der Waals surface area contributed by atoms with Crippen LogP contribution in [-0.4, -0.2) is 36.7 Å². The number of anilines is 2. The topological polar surface area (TPSA) is 50.3 Å². The summed E-state index contributed by atoms with van der Waals surface area (Å²) in [6.45, 7) is 1.50. The van der Waals surface area contributed by atoms with Crippen molar-refractivity contribution in [3.05, 3.63) is 46.9 Å². The quantitative estimate of drug-likeness (QED) is 0.870. The average Bonchev–Trinajstić information content (AvgIpc) is 2.57. The van der Waals surface area contributed by atoms with E-state index in [0.717, 1.165) is 12.1 Å². The number of nitrogens with zero attached hydrogens (tertiary/aromatic N) is 3. The molecule has 1 aromatic heterocycles. The highest BCUT2D eigenvalue weighted by Gasteiger charge is 2.26. The van der Waals surface area contributed by atoms with Crippen molar-refractivity contribution >= 4 is 23.1 Å². The third-order valence-electron chi connectivity index (χ3n) is 3.71. The zero-order chi connectivity index (χ0) is 16.4. The van der Waals surface area contributed by atoms with Gasteiger partial charge < -0.3 is 15.0 Å². The summed E-state index contributed by atoms with van der Waals surface area (Å²) in [4.78, 5) is 10.2. The molecule has 122 valence electrons. The Labute approximate surface area is 137 Å². The first-order chi connectivity index (χ1) is 11.1. The molecule has 2 heterocycles. The molecule has 1 atom stereocenters. The minimum atomic E-state index is -0.885. The van der Waals surface area contributed by atoms with Crippen molar-refractivity contribution in [1.82, 2.24) is 9.97 Å². The van der Waals surface area contributed by atoms with E-state index in [0.29, 0.717) is 41.9 Å². The van der Waals surface area contributed by atoms with Gasteiger partial charge in [0.1, 0.15) is 18.1 Å². The number of halogens is 3. The Morgan fingerprint density at radius 1 is 1.30 bits per heavy atom. The molecule has 0 bridgehead atoms. The van der Waals surface area contributed by atoms with Gasteiger partial charge in [-0.15, -0.1) is 0 Å². The fourth-order valence-electron chi connectivity index (χ4n) is 2.57. The van der Waals surface area contributed by atoms with Gasteiger partial charge >= 0.3 is 0 Å². The highest BCUT2D eigenvalue weighted by molar-refractivity contribution is 6.32. The van der Waals surface area contributed by atoms with E-state index >= 15 is 0 Å². The number of rotatable bonds is 3. The highest BCUT2D eigenvalue weighted by Crippen LogP contribution is 2.32. The van der Waals surface area contributed by atoms with Gasteiger partial charge in [-0.3, -0.25) is 0 Å². The molecule has 8 heteroatoms. The molecule has 5 nitrogen and oxygen atoms in total. The number of ether oxygens (including phenoxy) is 1. The van der Waals surface area contributed by atoms with Gasteiger partial charge in [0, 0.05) is 20.1 Å². The Hall–Kier alpha value is -1.99. The molecule has 1 aliphatic heterocycles. The number of hydrogen-bond acceptors (Lipinski definition) is 5. The molecule has 1 saturated heterocycles. The van der Waals surface area contributed by atoms with E-state index in [4.69, 9.17) is 16.3 Å². The van der Waals surface area contributed by atoms with Crippen molar-refractivity contribution in [2.45, 2.75) is 6.10 Å². The van der Waals surface area contributed by atoms with Crippen LogP contribution in [0.2, 0.25) is 5.15 Å². The summed E-state index contributed by atoms with van der Waals surface area (Å²) in [6, 6.07) is 3.79. The molecule has 0 spiro atoms. The van der Waals surface area contributed by atoms with Gasteiger partial charge in [0.25, 0.3) is 0 Å². The van der Waals surface area contributed by atoms with Crippen molar-refractivity contribution in [2.24, 2.45) is 0 Å². The number of morpholine rings is 1. The second-order valence-electron chi connectivity index (χ2n) is 5.09. The highest BCUT2D eigenvalue weighted by atomic mass is 35.5. The van der Waals surface area contributed by atoms with Gasteiger partial charge in [0.2, 0.25) is 0 Å². The second-order valence-corrected chi connectivity index (χ2v) is 5.45. The Morgan fingerprint density at radius 3 is 2.87 bits per heavy atom. The van der Waals surface area contributed by atoms with Crippen LogP contribution < -0.4 is 10.2 Å². The fourth-order valence-corrected chi connectivity index (χ4v) is 2.79. The Balaban J connectivity index is 1.86. The Kier molecular flexibility index (Phi) is 4.58. The maximum Gasteiger partial charge on any atom is 0.159 e. The van der Waals surface area contributed by atoms with E-state index in [1.165, 1.54) is 12.4 Å². The molecule has 1 aliphatic rings. The van der Waals surface area contributed by atoms with Crippen LogP contribution in [0, 0.1) is 11.6 Å². The Morgan fingerprint density at radius 2 is 2.13 bits per heavy atom. The van der Waals surface area contributed by atoms with Gasteiger partial charge in [0.05, 0.1) is 6.61 Å². The van der Waals surface area contributed by atoms with Gasteiger partial charge in [-0.2, -0.15) is 0 Å². The molecule has 3 rings (SSSR count). The largest absolute Gasteiger partial charge is 0.383 e. The number of hydrogen-bond donors (Lipinski definition) is 1. The van der Waals surface area contributed by atoms with Crippen LogP contribution in [-0.2, 0) is 4.74 Å². The standard InChI is InChI=1S/C15H15ClF2N4O/c1-19-13-14(16)20-8-21-15(13)22-4-5-23-12(7-22)9-2-3-10(17)11(18)6-9/h2-3,6,8,12,19H,4-5,7H2,1H3. The summed E-state index contributed by atoms with van der Waals surface area (Å²) >= 11 is 6.08. The summed E-state index contributed by atoms with van der Waals surface area (Å²) in [7, 11) is 1.74. The third-order valence-corrected chi connectivity index (χ3v) is 4.00. The summed E-state index contributed by atoms with van der Waals surface area (Å²) in [5, 5.41) is 3.31. The minimum Gasteiger partial charge on any atom is -0.383 e. The first-order valence-electron chi connectivity index (χ1n) is 7.10. The lowest BCUT2D eigenvalue weighted by molar-refractivity contribution is 0.0393. The van der Waals surface area contributed by atoms with E-state index in [-0.39, 0.29) is 6.10 Å². The van der Waals surface area contributed by atoms with Crippen molar-refractivity contribution in [3.63, 3.8) is 0 Å². The molecule has 23 heavy (non-hydrogen) atoms. The van der Waals surface area contributed by atoms with Crippen molar-refractivity contribution in [3.8, 4) is 0 Å². The number of aromatic nitrogens is 2. The monoisotopic (exact) mass is 340 g/mol. The van der Waals surface area contributed by atoms with Gasteiger partial charge in [-0.05, 0) is 17.7 Å². The molecule has 1 unspecified atom stereocenters. The molecular weight excluding hydrogens is 326 g/mol. The van der Waals surface area contributed by atoms with E-state index in [1.54, 1.807) is 7.05 Å². The molecule has 1 N–H and O–H groups in total. The van der Waals surface area contributed by atoms with Crippen LogP contribution >= 0.6 is 11.6 Å². The maximum absolute atomic E-state index is 13.4. The van der Waals surface area contributed by atoms with Crippen molar-refractivity contribution in [1.29, 1.82) is 0 Å². The predicted octanol–water partition coefficient (Wildman–Crippen LogP) is 3.03. The lowest BCUT2D eigenvalue weighted by Crippen LogP contribution is -2.39. The van der Waals surface area contributed by atoms with Crippen LogP contribution in [0.1, 0.15) is 11.7 Å². The van der Waals surface area contributed by atoms with E-state index in [2.05, 4.69) is 15.3 Å². The van der Waals surface area contributed by atoms with Gasteiger partial charge in [-0.1, -0.05) is 17.7 Å². The minimum absolute atomic E-state index is 0.327. The molecule has 0 radical (unpaired) electrons. The molecule has 0 saturated carbocycles. The molecular formula is C15H15ClF2N4O.